The molecule has 144 valence electrons. The third-order valence-electron chi connectivity index (χ3n) is 4.50. The van der Waals surface area contributed by atoms with Crippen molar-refractivity contribution in [2.24, 2.45) is 0 Å². The van der Waals surface area contributed by atoms with Crippen LogP contribution in [-0.2, 0) is 6.42 Å². The highest BCUT2D eigenvalue weighted by atomic mass is 19.1. The number of halogens is 1. The zero-order chi connectivity index (χ0) is 19.9. The number of rotatable bonds is 7. The van der Waals surface area contributed by atoms with Crippen molar-refractivity contribution in [1.29, 1.82) is 0 Å². The van der Waals surface area contributed by atoms with Crippen molar-refractivity contribution in [2.45, 2.75) is 26.2 Å². The molecule has 4 nitrogen and oxygen atoms in total. The molecular formula is C23H24FN3O. The fourth-order valence-electron chi connectivity index (χ4n) is 2.86. The van der Waals surface area contributed by atoms with Crippen LogP contribution in [0.5, 0.6) is 0 Å². The lowest BCUT2D eigenvalue weighted by Crippen LogP contribution is -2.26. The Morgan fingerprint density at radius 1 is 1.04 bits per heavy atom. The average Bonchev–Trinajstić information content (AvgIpc) is 2.70. The van der Waals surface area contributed by atoms with Crippen molar-refractivity contribution in [3.05, 3.63) is 89.5 Å². The molecule has 5 heteroatoms. The molecule has 0 saturated heterocycles. The topological polar surface area (TPSA) is 54.0 Å². The lowest BCUT2D eigenvalue weighted by atomic mass is 10.0. The number of benzene rings is 2. The Morgan fingerprint density at radius 3 is 2.50 bits per heavy atom. The highest BCUT2D eigenvalue weighted by Crippen LogP contribution is 2.20. The van der Waals surface area contributed by atoms with Gasteiger partial charge in [0.1, 0.15) is 5.82 Å². The molecule has 0 aliphatic carbocycles. The van der Waals surface area contributed by atoms with Gasteiger partial charge >= 0.3 is 0 Å². The molecule has 0 unspecified atom stereocenters. The molecule has 3 aromatic rings. The largest absolute Gasteiger partial charge is 0.354 e. The number of carbonyl (C=O) groups is 1. The van der Waals surface area contributed by atoms with Gasteiger partial charge in [-0.3, -0.25) is 9.78 Å². The number of nitrogens with zero attached hydrogens (tertiary/aromatic N) is 1. The first-order valence-electron chi connectivity index (χ1n) is 9.36. The molecule has 0 aliphatic heterocycles. The number of hydrogen-bond donors (Lipinski definition) is 2. The minimum Gasteiger partial charge on any atom is -0.354 e. The molecule has 0 fully saturated rings. The number of anilines is 2. The highest BCUT2D eigenvalue weighted by Gasteiger charge is 2.08. The number of hydrogen-bond acceptors (Lipinski definition) is 3. The van der Waals surface area contributed by atoms with Crippen LogP contribution in [-0.4, -0.2) is 17.4 Å². The van der Waals surface area contributed by atoms with E-state index in [1.807, 2.05) is 12.1 Å². The van der Waals surface area contributed by atoms with E-state index < -0.39 is 0 Å². The van der Waals surface area contributed by atoms with Crippen LogP contribution in [0, 0.1) is 5.82 Å². The van der Waals surface area contributed by atoms with Crippen LogP contribution in [0.1, 0.15) is 41.3 Å². The average molecular weight is 377 g/mol. The van der Waals surface area contributed by atoms with E-state index >= 15 is 0 Å². The number of amides is 1. The molecule has 1 heterocycles. The molecule has 0 spiro atoms. The van der Waals surface area contributed by atoms with Crippen LogP contribution >= 0.6 is 0 Å². The summed E-state index contributed by atoms with van der Waals surface area (Å²) in [5.74, 6) is -0.0113. The monoisotopic (exact) mass is 377 g/mol. The molecule has 0 atom stereocenters. The number of aromatic nitrogens is 1. The van der Waals surface area contributed by atoms with E-state index in [1.54, 1.807) is 30.5 Å². The van der Waals surface area contributed by atoms with E-state index in [2.05, 4.69) is 41.6 Å². The van der Waals surface area contributed by atoms with E-state index in [0.717, 1.165) is 11.4 Å². The molecule has 0 radical (unpaired) electrons. The summed E-state index contributed by atoms with van der Waals surface area (Å²) in [6, 6.07) is 16.5. The predicted molar refractivity (Wildman–Crippen MR) is 110 cm³/mol. The van der Waals surface area contributed by atoms with Crippen LogP contribution in [0.15, 0.2) is 67.0 Å². The molecule has 0 aliphatic rings. The highest BCUT2D eigenvalue weighted by molar-refractivity contribution is 5.94. The van der Waals surface area contributed by atoms with Crippen LogP contribution in [0.25, 0.3) is 0 Å². The summed E-state index contributed by atoms with van der Waals surface area (Å²) in [4.78, 5) is 16.5. The molecule has 2 aromatic carbocycles. The van der Waals surface area contributed by atoms with Crippen LogP contribution in [0.3, 0.4) is 0 Å². The van der Waals surface area contributed by atoms with Gasteiger partial charge in [0, 0.05) is 18.4 Å². The van der Waals surface area contributed by atoms with Crippen molar-refractivity contribution in [3.63, 3.8) is 0 Å². The van der Waals surface area contributed by atoms with Gasteiger partial charge in [-0.05, 0) is 47.7 Å². The minimum absolute atomic E-state index is 0.234. The Kier molecular flexibility index (Phi) is 6.37. The molecular weight excluding hydrogens is 353 g/mol. The van der Waals surface area contributed by atoms with E-state index in [9.17, 15) is 9.18 Å². The Labute approximate surface area is 164 Å². The first-order valence-corrected chi connectivity index (χ1v) is 9.36. The minimum atomic E-state index is -0.256. The normalized spacial score (nSPS) is 10.7. The lowest BCUT2D eigenvalue weighted by molar-refractivity contribution is 0.0953. The standard InChI is InChI=1S/C23H24FN3O/c1-16(2)17-7-9-20(10-8-17)27-21-13-19(14-25-15-21)23(28)26-12-11-18-5-3-4-6-22(18)24/h3-10,13-16,27H,11-12H2,1-2H3,(H,26,28). The maximum atomic E-state index is 13.6. The van der Waals surface area contributed by atoms with E-state index in [0.29, 0.717) is 30.0 Å². The molecule has 3 rings (SSSR count). The van der Waals surface area contributed by atoms with Crippen molar-refractivity contribution in [3.8, 4) is 0 Å². The van der Waals surface area contributed by atoms with E-state index in [-0.39, 0.29) is 11.7 Å². The number of pyridine rings is 1. The van der Waals surface area contributed by atoms with Gasteiger partial charge in [-0.25, -0.2) is 4.39 Å². The quantitative estimate of drug-likeness (QED) is 0.605. The zero-order valence-electron chi connectivity index (χ0n) is 16.1. The van der Waals surface area contributed by atoms with Crippen molar-refractivity contribution in [1.82, 2.24) is 10.3 Å². The summed E-state index contributed by atoms with van der Waals surface area (Å²) in [7, 11) is 0. The molecule has 1 aromatic heterocycles. The molecule has 0 saturated carbocycles. The fraction of sp³-hybridized carbons (Fsp3) is 0.217. The maximum Gasteiger partial charge on any atom is 0.252 e. The number of nitrogens with one attached hydrogen (secondary N) is 2. The van der Waals surface area contributed by atoms with Crippen LogP contribution in [0.2, 0.25) is 0 Å². The summed E-state index contributed by atoms with van der Waals surface area (Å²) >= 11 is 0. The van der Waals surface area contributed by atoms with Gasteiger partial charge in [0.05, 0.1) is 17.4 Å². The SMILES string of the molecule is CC(C)c1ccc(Nc2cncc(C(=O)NCCc3ccccc3F)c2)cc1. The van der Waals surface area contributed by atoms with Crippen LogP contribution in [0.4, 0.5) is 15.8 Å². The second-order valence-electron chi connectivity index (χ2n) is 6.96. The third-order valence-corrected chi connectivity index (χ3v) is 4.50. The summed E-state index contributed by atoms with van der Waals surface area (Å²) in [5.41, 5.74) is 3.98. The van der Waals surface area contributed by atoms with Crippen molar-refractivity contribution in [2.75, 3.05) is 11.9 Å². The molecule has 28 heavy (non-hydrogen) atoms. The fourth-order valence-corrected chi connectivity index (χ4v) is 2.86. The Hall–Kier alpha value is -3.21. The van der Waals surface area contributed by atoms with Gasteiger partial charge in [0.25, 0.3) is 5.91 Å². The van der Waals surface area contributed by atoms with E-state index in [1.165, 1.54) is 17.8 Å². The summed E-state index contributed by atoms with van der Waals surface area (Å²) in [6.45, 7) is 4.66. The predicted octanol–water partition coefficient (Wildman–Crippen LogP) is 5.06. The van der Waals surface area contributed by atoms with Gasteiger partial charge in [0.15, 0.2) is 0 Å². The molecule has 2 N–H and O–H groups in total. The Morgan fingerprint density at radius 2 is 1.79 bits per heavy atom. The summed E-state index contributed by atoms with van der Waals surface area (Å²) in [5, 5.41) is 6.07. The van der Waals surface area contributed by atoms with Gasteiger partial charge in [-0.15, -0.1) is 0 Å². The molecule has 1 amide bonds. The summed E-state index contributed by atoms with van der Waals surface area (Å²) < 4.78 is 13.6. The third kappa shape index (κ3) is 5.16. The van der Waals surface area contributed by atoms with Crippen molar-refractivity contribution >= 4 is 17.3 Å². The first kappa shape index (κ1) is 19.5. The van der Waals surface area contributed by atoms with Gasteiger partial charge in [-0.2, -0.15) is 0 Å². The second-order valence-corrected chi connectivity index (χ2v) is 6.96. The lowest BCUT2D eigenvalue weighted by Gasteiger charge is -2.10. The van der Waals surface area contributed by atoms with E-state index in [4.69, 9.17) is 0 Å². The van der Waals surface area contributed by atoms with Crippen molar-refractivity contribution < 1.29 is 9.18 Å². The second kappa shape index (κ2) is 9.13. The van der Waals surface area contributed by atoms with Gasteiger partial charge in [0.2, 0.25) is 0 Å². The Bertz CT molecular complexity index is 939. The van der Waals surface area contributed by atoms with Crippen LogP contribution < -0.4 is 10.6 Å². The Balaban J connectivity index is 1.59. The molecule has 0 bridgehead atoms. The maximum absolute atomic E-state index is 13.6. The number of carbonyl (C=O) groups excluding carboxylic acids is 1. The smallest absolute Gasteiger partial charge is 0.252 e. The van der Waals surface area contributed by atoms with Gasteiger partial charge < -0.3 is 10.6 Å². The summed E-state index contributed by atoms with van der Waals surface area (Å²) in [6.07, 6.45) is 3.63. The zero-order valence-corrected chi connectivity index (χ0v) is 16.1. The van der Waals surface area contributed by atoms with Gasteiger partial charge in [-0.1, -0.05) is 44.2 Å². The first-order chi connectivity index (χ1) is 13.5.